The van der Waals surface area contributed by atoms with Crippen molar-refractivity contribution in [3.63, 3.8) is 0 Å². The fourth-order valence-corrected chi connectivity index (χ4v) is 11.2. The Labute approximate surface area is 412 Å². The number of fused-ring (bicyclic) bond motifs is 2. The summed E-state index contributed by atoms with van der Waals surface area (Å²) in [5.74, 6) is 0. The molecule has 0 aromatic heterocycles. The van der Waals surface area contributed by atoms with E-state index in [1.54, 1.807) is 11.1 Å². The molecule has 4 heteroatoms. The molecule has 2 aliphatic rings. The van der Waals surface area contributed by atoms with Crippen LogP contribution in [-0.4, -0.2) is 9.52 Å². The van der Waals surface area contributed by atoms with E-state index in [9.17, 15) is 0 Å². The Kier molecular flexibility index (Phi) is 20.4. The summed E-state index contributed by atoms with van der Waals surface area (Å²) in [6.45, 7) is 22.7. The molecule has 2 fully saturated rings. The molecule has 8 rings (SSSR count). The monoisotopic (exact) mass is 988 g/mol. The van der Waals surface area contributed by atoms with Gasteiger partial charge in [-0.3, -0.25) is 0 Å². The third-order valence-electron chi connectivity index (χ3n) is 14.3. The Bertz CT molecular complexity index is 2090. The molecule has 0 aliphatic heterocycles. The Morgan fingerprint density at radius 2 is 0.859 bits per heavy atom. The van der Waals surface area contributed by atoms with Gasteiger partial charge in [-0.05, 0) is 95.3 Å². The summed E-state index contributed by atoms with van der Waals surface area (Å²) >= 11 is -0.826. The van der Waals surface area contributed by atoms with Gasteiger partial charge in [-0.25, -0.2) is 0 Å². The summed E-state index contributed by atoms with van der Waals surface area (Å²) in [5, 5.41) is 5.65. The van der Waals surface area contributed by atoms with Crippen molar-refractivity contribution in [1.82, 2.24) is 0 Å². The normalized spacial score (nSPS) is 15.8. The third kappa shape index (κ3) is 14.4. The predicted molar refractivity (Wildman–Crippen MR) is 285 cm³/mol. The molecule has 0 nitrogen and oxygen atoms in total. The van der Waals surface area contributed by atoms with Gasteiger partial charge >= 0.3 is 37.9 Å². The summed E-state index contributed by atoms with van der Waals surface area (Å²) in [6.07, 6.45) is 22.2. The summed E-state index contributed by atoms with van der Waals surface area (Å²) in [7, 11) is 11.0. The predicted octanol–water partition coefficient (Wildman–Crippen LogP) is 19.8. The van der Waals surface area contributed by atoms with Gasteiger partial charge in [-0.15, -0.1) is 69.1 Å². The van der Waals surface area contributed by atoms with Crippen LogP contribution >= 0.6 is 17.0 Å². The van der Waals surface area contributed by atoms with Gasteiger partial charge in [-0.2, -0.15) is 12.1 Å². The van der Waals surface area contributed by atoms with Crippen molar-refractivity contribution >= 4 is 48.1 Å². The average Bonchev–Trinajstić information content (AvgIpc) is 3.88. The van der Waals surface area contributed by atoms with Crippen LogP contribution in [0.4, 0.5) is 0 Å². The number of rotatable bonds is 10. The fourth-order valence-electron chi connectivity index (χ4n) is 11.2. The van der Waals surface area contributed by atoms with Crippen LogP contribution in [-0.2, 0) is 44.5 Å². The molecule has 2 saturated carbocycles. The zero-order valence-corrected chi connectivity index (χ0v) is 46.4. The van der Waals surface area contributed by atoms with Gasteiger partial charge in [0.15, 0.2) is 0 Å². The molecule has 2 aliphatic carbocycles. The Hall–Kier alpha value is -2.22. The van der Waals surface area contributed by atoms with Gasteiger partial charge in [0.25, 0.3) is 0 Å². The number of hydrogen-bond acceptors (Lipinski definition) is 0. The van der Waals surface area contributed by atoms with Crippen molar-refractivity contribution in [3.05, 3.63) is 131 Å². The minimum atomic E-state index is -0.826. The van der Waals surface area contributed by atoms with Crippen molar-refractivity contribution in [3.8, 4) is 22.3 Å². The third-order valence-corrected chi connectivity index (χ3v) is 14.3. The molecule has 2 radical (unpaired) electrons. The number of halogens is 2. The second kappa shape index (κ2) is 24.7. The molecule has 6 aromatic carbocycles. The first-order valence-electron chi connectivity index (χ1n) is 24.8. The van der Waals surface area contributed by atoms with E-state index in [0.29, 0.717) is 10.8 Å². The number of hydrogen-bond donors (Lipinski definition) is 0. The van der Waals surface area contributed by atoms with Gasteiger partial charge < -0.3 is 0 Å². The van der Waals surface area contributed by atoms with E-state index in [-0.39, 0.29) is 10.8 Å². The van der Waals surface area contributed by atoms with E-state index in [1.165, 1.54) is 158 Å². The van der Waals surface area contributed by atoms with E-state index in [4.69, 9.17) is 17.0 Å². The van der Waals surface area contributed by atoms with Crippen LogP contribution in [0.3, 0.4) is 0 Å². The van der Waals surface area contributed by atoms with Crippen LogP contribution < -0.4 is 0 Å². The van der Waals surface area contributed by atoms with Crippen LogP contribution in [0.5, 0.6) is 0 Å². The maximum atomic E-state index is 4.93. The van der Waals surface area contributed by atoms with Crippen LogP contribution in [0, 0.1) is 10.8 Å². The molecule has 0 saturated heterocycles. The van der Waals surface area contributed by atoms with Crippen molar-refractivity contribution < 1.29 is 20.8 Å². The van der Waals surface area contributed by atoms with Gasteiger partial charge in [0, 0.05) is 9.52 Å². The molecule has 6 aromatic rings. The molecule has 64 heavy (non-hydrogen) atoms. The molecule has 0 atom stereocenters. The van der Waals surface area contributed by atoms with Gasteiger partial charge in [0.05, 0.1) is 0 Å². The second-order valence-electron chi connectivity index (χ2n) is 21.5. The molecular formula is C60H80Cl2SiZr. The van der Waals surface area contributed by atoms with E-state index >= 15 is 0 Å². The maximum absolute atomic E-state index is 4.93. The van der Waals surface area contributed by atoms with Crippen LogP contribution in [0.15, 0.2) is 109 Å². The van der Waals surface area contributed by atoms with E-state index in [2.05, 4.69) is 178 Å². The van der Waals surface area contributed by atoms with Crippen molar-refractivity contribution in [1.29, 1.82) is 0 Å². The molecular weight excluding hydrogens is 911 g/mol. The number of benzene rings is 4. The first-order chi connectivity index (χ1) is 30.6. The van der Waals surface area contributed by atoms with Crippen LogP contribution in [0.1, 0.15) is 168 Å². The van der Waals surface area contributed by atoms with E-state index in [0.717, 1.165) is 9.52 Å². The first kappa shape index (κ1) is 52.7. The van der Waals surface area contributed by atoms with Crippen molar-refractivity contribution in [2.45, 2.75) is 182 Å². The first-order valence-corrected chi connectivity index (χ1v) is 33.1. The molecule has 0 heterocycles. The fraction of sp³-hybridized carbons (Fsp3) is 0.500. The quantitative estimate of drug-likeness (QED) is 0.0948. The zero-order valence-electron chi connectivity index (χ0n) is 41.5. The van der Waals surface area contributed by atoms with Gasteiger partial charge in [-0.1, -0.05) is 192 Å². The van der Waals surface area contributed by atoms with E-state index in [1.807, 2.05) is 0 Å². The van der Waals surface area contributed by atoms with Crippen molar-refractivity contribution in [2.24, 2.45) is 10.8 Å². The Morgan fingerprint density at radius 1 is 0.531 bits per heavy atom. The Balaban J connectivity index is 0.000000215. The molecule has 342 valence electrons. The van der Waals surface area contributed by atoms with Gasteiger partial charge in [0.2, 0.25) is 0 Å². The summed E-state index contributed by atoms with van der Waals surface area (Å²) in [5.41, 5.74) is 12.8. The summed E-state index contributed by atoms with van der Waals surface area (Å²) in [4.78, 5) is 0. The SMILES string of the molecule is CCCC1(Cc2cc3c(-c4ccc(C(C)(C)C)cc4)cccc3[cH-]2)CCCCC1.CCCC1(Cc2cc3c(-c4ccc(C(C)(C)C)cc4)cccc3[cH-]2)CCCCC1.C[Si]C.[Cl][Zr+2][Cl]. The standard InChI is InChI=1S/2C29H37.C2H6Si.2ClH.Zr/c2*1-5-16-29(17-7-6-8-18-29)21-22-19-24-10-9-11-26(27(24)20-22)23-12-14-25(15-13-23)28(2,3)4;1-3-2;;;/h2*9-15,19-20H,5-8,16-18,21H2,1-4H3;1-2H3;2*1H;/q2*-1;;;;+4/p-2. The molecule has 0 bridgehead atoms. The second-order valence-corrected chi connectivity index (χ2v) is 26.3. The van der Waals surface area contributed by atoms with Crippen LogP contribution in [0.2, 0.25) is 13.1 Å². The topological polar surface area (TPSA) is 0 Å². The Morgan fingerprint density at radius 3 is 1.16 bits per heavy atom. The summed E-state index contributed by atoms with van der Waals surface area (Å²) < 4.78 is 0. The minimum absolute atomic E-state index is 0.200. The zero-order chi connectivity index (χ0) is 46.4. The molecule has 0 spiro atoms. The molecule has 0 unspecified atom stereocenters. The van der Waals surface area contributed by atoms with Gasteiger partial charge in [0.1, 0.15) is 0 Å². The average molecular weight is 992 g/mol. The van der Waals surface area contributed by atoms with Crippen LogP contribution in [0.25, 0.3) is 43.8 Å². The molecule has 0 amide bonds. The van der Waals surface area contributed by atoms with Crippen molar-refractivity contribution in [2.75, 3.05) is 0 Å². The van der Waals surface area contributed by atoms with E-state index < -0.39 is 20.8 Å². The molecule has 0 N–H and O–H groups in total. The summed E-state index contributed by atoms with van der Waals surface area (Å²) in [6, 6.07) is 42.0.